The zero-order chi connectivity index (χ0) is 19.1. The molecule has 148 valence electrons. The monoisotopic (exact) mass is 400 g/mol. The van der Waals surface area contributed by atoms with Crippen molar-refractivity contribution in [2.24, 2.45) is 5.73 Å². The minimum atomic E-state index is -0.287. The SMILES string of the molecule is C.CCC(O)CN.CCC(O)Cn1ccc(=S)cc1.S=c1ccocc1. The van der Waals surface area contributed by atoms with Gasteiger partial charge in [-0.15, -0.1) is 0 Å². The summed E-state index contributed by atoms with van der Waals surface area (Å²) in [5.41, 5.74) is 5.03. The molecule has 0 aliphatic rings. The second-order valence-corrected chi connectivity index (χ2v) is 6.18. The molecule has 4 N–H and O–H groups in total. The van der Waals surface area contributed by atoms with Gasteiger partial charge >= 0.3 is 0 Å². The van der Waals surface area contributed by atoms with E-state index in [0.717, 1.165) is 21.9 Å². The van der Waals surface area contributed by atoms with Gasteiger partial charge < -0.3 is 24.9 Å². The van der Waals surface area contributed by atoms with Crippen molar-refractivity contribution in [1.82, 2.24) is 4.57 Å². The van der Waals surface area contributed by atoms with Gasteiger partial charge in [-0.2, -0.15) is 0 Å². The summed E-state index contributed by atoms with van der Waals surface area (Å²) in [4.78, 5) is 0. The van der Waals surface area contributed by atoms with Gasteiger partial charge in [-0.1, -0.05) is 45.7 Å². The van der Waals surface area contributed by atoms with Gasteiger partial charge in [-0.3, -0.25) is 0 Å². The minimum Gasteiger partial charge on any atom is -0.473 e. The Morgan fingerprint density at radius 3 is 1.73 bits per heavy atom. The molecule has 0 saturated carbocycles. The maximum Gasteiger partial charge on any atom is 0.0915 e. The first kappa shape index (κ1) is 26.8. The zero-order valence-electron chi connectivity index (χ0n) is 14.7. The summed E-state index contributed by atoms with van der Waals surface area (Å²) in [6, 6.07) is 7.18. The van der Waals surface area contributed by atoms with E-state index >= 15 is 0 Å². The van der Waals surface area contributed by atoms with Gasteiger partial charge in [0.05, 0.1) is 24.7 Å². The molecule has 2 atom stereocenters. The molecule has 0 radical (unpaired) electrons. The summed E-state index contributed by atoms with van der Waals surface area (Å²) in [5, 5.41) is 17.9. The second-order valence-electron chi connectivity index (χ2n) is 5.23. The van der Waals surface area contributed by atoms with E-state index in [2.05, 4.69) is 0 Å². The number of aliphatic hydroxyl groups excluding tert-OH is 2. The van der Waals surface area contributed by atoms with Crippen LogP contribution >= 0.6 is 24.4 Å². The summed E-state index contributed by atoms with van der Waals surface area (Å²) < 4.78 is 8.27. The number of nitrogens with two attached hydrogens (primary N) is 1. The van der Waals surface area contributed by atoms with Crippen LogP contribution in [-0.2, 0) is 6.54 Å². The van der Waals surface area contributed by atoms with Crippen molar-refractivity contribution in [1.29, 1.82) is 0 Å². The lowest BCUT2D eigenvalue weighted by Crippen LogP contribution is -2.17. The molecule has 0 saturated heterocycles. The number of rotatable bonds is 5. The van der Waals surface area contributed by atoms with E-state index in [4.69, 9.17) is 39.7 Å². The van der Waals surface area contributed by atoms with Crippen LogP contribution in [-0.4, -0.2) is 33.5 Å². The molecule has 2 heterocycles. The largest absolute Gasteiger partial charge is 0.473 e. The van der Waals surface area contributed by atoms with Crippen LogP contribution in [0.25, 0.3) is 0 Å². The zero-order valence-corrected chi connectivity index (χ0v) is 16.4. The van der Waals surface area contributed by atoms with Gasteiger partial charge in [-0.25, -0.2) is 0 Å². The molecule has 2 unspecified atom stereocenters. The van der Waals surface area contributed by atoms with Crippen molar-refractivity contribution in [3.05, 3.63) is 58.2 Å². The normalized spacial score (nSPS) is 11.6. The van der Waals surface area contributed by atoms with E-state index in [-0.39, 0.29) is 19.6 Å². The topological polar surface area (TPSA) is 84.5 Å². The lowest BCUT2D eigenvalue weighted by molar-refractivity contribution is 0.149. The number of pyridine rings is 1. The van der Waals surface area contributed by atoms with Crippen LogP contribution in [0.3, 0.4) is 0 Å². The fourth-order valence-corrected chi connectivity index (χ4v) is 1.65. The van der Waals surface area contributed by atoms with Crippen LogP contribution in [0.2, 0.25) is 0 Å². The Morgan fingerprint density at radius 1 is 0.962 bits per heavy atom. The molecule has 2 rings (SSSR count). The van der Waals surface area contributed by atoms with Crippen molar-refractivity contribution in [3.8, 4) is 0 Å². The summed E-state index contributed by atoms with van der Waals surface area (Å²) >= 11 is 9.69. The molecule has 26 heavy (non-hydrogen) atoms. The number of aromatic nitrogens is 1. The van der Waals surface area contributed by atoms with Gasteiger partial charge in [0.1, 0.15) is 0 Å². The van der Waals surface area contributed by atoms with Gasteiger partial charge in [0.2, 0.25) is 0 Å². The Bertz CT molecular complexity index is 632. The predicted molar refractivity (Wildman–Crippen MR) is 113 cm³/mol. The average Bonchev–Trinajstić information content (AvgIpc) is 2.64. The lowest BCUT2D eigenvalue weighted by Gasteiger charge is -2.10. The highest BCUT2D eigenvalue weighted by Gasteiger charge is 1.98. The van der Waals surface area contributed by atoms with Gasteiger partial charge in [-0.05, 0) is 37.1 Å². The van der Waals surface area contributed by atoms with E-state index in [9.17, 15) is 5.11 Å². The average molecular weight is 401 g/mol. The van der Waals surface area contributed by atoms with Crippen LogP contribution < -0.4 is 5.73 Å². The van der Waals surface area contributed by atoms with Crippen molar-refractivity contribution in [3.63, 3.8) is 0 Å². The van der Waals surface area contributed by atoms with Crippen LogP contribution in [0.15, 0.2) is 53.6 Å². The number of nitrogens with zero attached hydrogens (tertiary/aromatic N) is 1. The van der Waals surface area contributed by atoms with Gasteiger partial charge in [0.15, 0.2) is 0 Å². The summed E-state index contributed by atoms with van der Waals surface area (Å²) in [6.45, 7) is 4.90. The van der Waals surface area contributed by atoms with Crippen LogP contribution in [0.5, 0.6) is 0 Å². The molecule has 0 bridgehead atoms. The van der Waals surface area contributed by atoms with Crippen LogP contribution in [0.1, 0.15) is 34.1 Å². The standard InChI is InChI=1S/C9H13NOS.C5H4OS.C4H11NO.CH4/c1-2-8(11)7-10-5-3-9(12)4-6-10;7-5-1-3-6-4-2-5;1-2-4(6)3-5;/h3-6,8,11H,2,7H2,1H3;1-4H;4,6H,2-3,5H2,1H3;1H4. The third kappa shape index (κ3) is 14.9. The van der Waals surface area contributed by atoms with E-state index < -0.39 is 0 Å². The highest BCUT2D eigenvalue weighted by Crippen LogP contribution is 1.97. The predicted octanol–water partition coefficient (Wildman–Crippen LogP) is 4.35. The van der Waals surface area contributed by atoms with E-state index in [0.29, 0.717) is 13.1 Å². The van der Waals surface area contributed by atoms with Crippen molar-refractivity contribution in [2.45, 2.75) is 52.9 Å². The molecule has 0 aromatic carbocycles. The number of hydrogen-bond acceptors (Lipinski definition) is 6. The fourth-order valence-electron chi connectivity index (χ4n) is 1.42. The third-order valence-electron chi connectivity index (χ3n) is 3.12. The Hall–Kier alpha value is -1.38. The van der Waals surface area contributed by atoms with Crippen LogP contribution in [0.4, 0.5) is 0 Å². The maximum atomic E-state index is 9.33. The Kier molecular flexibility index (Phi) is 17.6. The first-order chi connectivity index (χ1) is 11.9. The molecule has 2 aromatic rings. The fraction of sp³-hybridized carbons (Fsp3) is 0.474. The quantitative estimate of drug-likeness (QED) is 0.647. The van der Waals surface area contributed by atoms with Crippen molar-refractivity contribution in [2.75, 3.05) is 6.54 Å². The molecule has 0 spiro atoms. The molecule has 2 aromatic heterocycles. The van der Waals surface area contributed by atoms with E-state index in [1.54, 1.807) is 24.7 Å². The highest BCUT2D eigenvalue weighted by molar-refractivity contribution is 7.71. The molecular formula is C19H32N2O3S2. The molecule has 7 heteroatoms. The number of hydrogen-bond donors (Lipinski definition) is 3. The first-order valence-corrected chi connectivity index (χ1v) is 8.99. The van der Waals surface area contributed by atoms with Gasteiger partial charge in [0.25, 0.3) is 0 Å². The maximum absolute atomic E-state index is 9.33. The summed E-state index contributed by atoms with van der Waals surface area (Å²) in [5.74, 6) is 0. The molecule has 0 fully saturated rings. The Labute approximate surface area is 167 Å². The molecule has 0 aliphatic carbocycles. The molecule has 0 aliphatic heterocycles. The Balaban J connectivity index is 0. The van der Waals surface area contributed by atoms with Crippen molar-refractivity contribution < 1.29 is 14.6 Å². The molecule has 5 nitrogen and oxygen atoms in total. The molecule has 0 amide bonds. The lowest BCUT2D eigenvalue weighted by atomic mass is 10.3. The minimum absolute atomic E-state index is 0. The van der Waals surface area contributed by atoms with E-state index in [1.165, 1.54) is 0 Å². The van der Waals surface area contributed by atoms with E-state index in [1.807, 2.05) is 42.9 Å². The first-order valence-electron chi connectivity index (χ1n) is 8.17. The smallest absolute Gasteiger partial charge is 0.0915 e. The summed E-state index contributed by atoms with van der Waals surface area (Å²) in [6.07, 6.45) is 7.89. The highest BCUT2D eigenvalue weighted by atomic mass is 32.1. The van der Waals surface area contributed by atoms with Gasteiger partial charge in [0, 0.05) is 34.5 Å². The van der Waals surface area contributed by atoms with Crippen LogP contribution in [0, 0.1) is 9.02 Å². The Morgan fingerprint density at radius 2 is 1.42 bits per heavy atom. The number of aliphatic hydroxyl groups is 2. The van der Waals surface area contributed by atoms with Crippen molar-refractivity contribution >= 4 is 24.4 Å². The third-order valence-corrected chi connectivity index (χ3v) is 3.66. The summed E-state index contributed by atoms with van der Waals surface area (Å²) in [7, 11) is 0. The molecular weight excluding hydrogens is 368 g/mol. The second kappa shape index (κ2) is 17.1.